The van der Waals surface area contributed by atoms with Crippen LogP contribution in [0.1, 0.15) is 22.3 Å². The Bertz CT molecular complexity index is 458. The van der Waals surface area contributed by atoms with Crippen molar-refractivity contribution in [1.82, 2.24) is 4.98 Å². The minimum absolute atomic E-state index is 0.285. The number of rotatable bonds is 5. The van der Waals surface area contributed by atoms with Crippen LogP contribution in [-0.4, -0.2) is 42.7 Å². The van der Waals surface area contributed by atoms with Gasteiger partial charge in [-0.05, 0) is 6.92 Å². The summed E-state index contributed by atoms with van der Waals surface area (Å²) in [7, 11) is 3.05. The first-order chi connectivity index (χ1) is 8.36. The average molecular weight is 272 g/mol. The minimum atomic E-state index is -0.858. The van der Waals surface area contributed by atoms with Gasteiger partial charge in [0.1, 0.15) is 0 Å². The summed E-state index contributed by atoms with van der Waals surface area (Å²) in [6.07, 6.45) is 0. The standard InChI is InChI=1S/C11H16N2O4S/c1-6(9(14)15)5-13(3)11-12-8(7(2)18-11)10(16)17-4/h6H,5H2,1-4H3,(H,14,15). The van der Waals surface area contributed by atoms with E-state index >= 15 is 0 Å². The summed E-state index contributed by atoms with van der Waals surface area (Å²) in [5, 5.41) is 9.46. The SMILES string of the molecule is COC(=O)c1nc(N(C)CC(C)C(=O)O)sc1C. The molecule has 1 heterocycles. The largest absolute Gasteiger partial charge is 0.481 e. The van der Waals surface area contributed by atoms with Crippen molar-refractivity contribution < 1.29 is 19.4 Å². The van der Waals surface area contributed by atoms with E-state index < -0.39 is 17.9 Å². The third kappa shape index (κ3) is 3.19. The smallest absolute Gasteiger partial charge is 0.357 e. The molecule has 0 saturated heterocycles. The Morgan fingerprint density at radius 3 is 2.67 bits per heavy atom. The zero-order chi connectivity index (χ0) is 13.9. The molecule has 0 spiro atoms. The molecule has 100 valence electrons. The summed E-state index contributed by atoms with van der Waals surface area (Å²) in [4.78, 5) is 28.8. The molecule has 0 aliphatic carbocycles. The van der Waals surface area contributed by atoms with E-state index in [1.54, 1.807) is 25.8 Å². The number of esters is 1. The number of hydrogen-bond donors (Lipinski definition) is 1. The van der Waals surface area contributed by atoms with Gasteiger partial charge in [0.25, 0.3) is 0 Å². The van der Waals surface area contributed by atoms with Gasteiger partial charge >= 0.3 is 11.9 Å². The zero-order valence-corrected chi connectivity index (χ0v) is 11.6. The molecule has 0 aromatic carbocycles. The highest BCUT2D eigenvalue weighted by atomic mass is 32.1. The number of anilines is 1. The molecular weight excluding hydrogens is 256 g/mol. The van der Waals surface area contributed by atoms with Crippen LogP contribution in [0.5, 0.6) is 0 Å². The van der Waals surface area contributed by atoms with Gasteiger partial charge in [-0.15, -0.1) is 11.3 Å². The lowest BCUT2D eigenvalue weighted by Gasteiger charge is -2.17. The highest BCUT2D eigenvalue weighted by Gasteiger charge is 2.20. The summed E-state index contributed by atoms with van der Waals surface area (Å²) in [5.74, 6) is -1.83. The van der Waals surface area contributed by atoms with Crippen LogP contribution < -0.4 is 4.90 Å². The number of aromatic nitrogens is 1. The number of carboxylic acid groups (broad SMARTS) is 1. The Morgan fingerprint density at radius 2 is 2.17 bits per heavy atom. The highest BCUT2D eigenvalue weighted by molar-refractivity contribution is 7.15. The molecule has 1 aromatic heterocycles. The van der Waals surface area contributed by atoms with Gasteiger partial charge in [-0.25, -0.2) is 9.78 Å². The molecule has 1 atom stereocenters. The van der Waals surface area contributed by atoms with E-state index in [1.807, 2.05) is 0 Å². The lowest BCUT2D eigenvalue weighted by atomic mass is 10.2. The number of aryl methyl sites for hydroxylation is 1. The van der Waals surface area contributed by atoms with Crippen LogP contribution in [0.25, 0.3) is 0 Å². The van der Waals surface area contributed by atoms with Crippen LogP contribution in [-0.2, 0) is 9.53 Å². The number of carboxylic acids is 1. The second-order valence-corrected chi connectivity index (χ2v) is 5.19. The van der Waals surface area contributed by atoms with E-state index in [4.69, 9.17) is 5.11 Å². The molecule has 0 amide bonds. The number of hydrogen-bond acceptors (Lipinski definition) is 6. The second kappa shape index (κ2) is 5.81. The molecule has 18 heavy (non-hydrogen) atoms. The molecule has 1 rings (SSSR count). The summed E-state index contributed by atoms with van der Waals surface area (Å²) in [6.45, 7) is 3.74. The zero-order valence-electron chi connectivity index (χ0n) is 10.8. The lowest BCUT2D eigenvalue weighted by Crippen LogP contribution is -2.28. The van der Waals surface area contributed by atoms with E-state index in [-0.39, 0.29) is 5.69 Å². The van der Waals surface area contributed by atoms with Gasteiger partial charge in [0.05, 0.1) is 13.0 Å². The highest BCUT2D eigenvalue weighted by Crippen LogP contribution is 2.25. The topological polar surface area (TPSA) is 79.7 Å². The Kier molecular flexibility index (Phi) is 4.66. The summed E-state index contributed by atoms with van der Waals surface area (Å²) in [5.41, 5.74) is 0.285. The number of thiazole rings is 1. The first-order valence-electron chi connectivity index (χ1n) is 5.36. The van der Waals surface area contributed by atoms with Crippen LogP contribution in [0.15, 0.2) is 0 Å². The fraction of sp³-hybridized carbons (Fsp3) is 0.545. The van der Waals surface area contributed by atoms with E-state index in [0.29, 0.717) is 11.7 Å². The number of ether oxygens (including phenoxy) is 1. The number of methoxy groups -OCH3 is 1. The van der Waals surface area contributed by atoms with Crippen molar-refractivity contribution in [2.24, 2.45) is 5.92 Å². The monoisotopic (exact) mass is 272 g/mol. The fourth-order valence-electron chi connectivity index (χ4n) is 1.40. The van der Waals surface area contributed by atoms with E-state index in [9.17, 15) is 9.59 Å². The summed E-state index contributed by atoms with van der Waals surface area (Å²) >= 11 is 1.34. The van der Waals surface area contributed by atoms with Gasteiger partial charge in [0.2, 0.25) is 0 Å². The second-order valence-electron chi connectivity index (χ2n) is 4.01. The van der Waals surface area contributed by atoms with Crippen LogP contribution in [0.2, 0.25) is 0 Å². The fourth-order valence-corrected chi connectivity index (χ4v) is 2.27. The van der Waals surface area contributed by atoms with Crippen molar-refractivity contribution in [2.75, 3.05) is 25.6 Å². The first-order valence-corrected chi connectivity index (χ1v) is 6.18. The third-order valence-corrected chi connectivity index (χ3v) is 3.54. The van der Waals surface area contributed by atoms with Gasteiger partial charge in [-0.2, -0.15) is 0 Å². The van der Waals surface area contributed by atoms with Gasteiger partial charge in [0, 0.05) is 18.5 Å². The van der Waals surface area contributed by atoms with Gasteiger partial charge < -0.3 is 14.7 Å². The molecule has 1 N–H and O–H groups in total. The number of carbonyl (C=O) groups excluding carboxylic acids is 1. The summed E-state index contributed by atoms with van der Waals surface area (Å²) < 4.78 is 4.62. The number of aliphatic carboxylic acids is 1. The van der Waals surface area contributed by atoms with Crippen molar-refractivity contribution >= 4 is 28.4 Å². The average Bonchev–Trinajstić information content (AvgIpc) is 2.70. The normalized spacial score (nSPS) is 12.0. The van der Waals surface area contributed by atoms with E-state index in [0.717, 1.165) is 4.88 Å². The molecule has 0 saturated carbocycles. The quantitative estimate of drug-likeness (QED) is 0.816. The molecule has 1 aromatic rings. The van der Waals surface area contributed by atoms with Gasteiger partial charge in [0.15, 0.2) is 10.8 Å². The van der Waals surface area contributed by atoms with Crippen LogP contribution in [0.3, 0.4) is 0 Å². The van der Waals surface area contributed by atoms with Crippen molar-refractivity contribution in [3.63, 3.8) is 0 Å². The van der Waals surface area contributed by atoms with E-state index in [2.05, 4.69) is 9.72 Å². The molecule has 0 aliphatic heterocycles. The molecule has 0 aliphatic rings. The Hall–Kier alpha value is -1.63. The Morgan fingerprint density at radius 1 is 1.56 bits per heavy atom. The maximum Gasteiger partial charge on any atom is 0.357 e. The Balaban J connectivity index is 2.84. The molecule has 0 fully saturated rings. The van der Waals surface area contributed by atoms with Crippen LogP contribution >= 0.6 is 11.3 Å². The van der Waals surface area contributed by atoms with E-state index in [1.165, 1.54) is 18.4 Å². The molecule has 7 heteroatoms. The van der Waals surface area contributed by atoms with Gasteiger partial charge in [-0.3, -0.25) is 4.79 Å². The van der Waals surface area contributed by atoms with Crippen LogP contribution in [0.4, 0.5) is 5.13 Å². The van der Waals surface area contributed by atoms with Crippen molar-refractivity contribution in [1.29, 1.82) is 0 Å². The molecule has 1 unspecified atom stereocenters. The van der Waals surface area contributed by atoms with Gasteiger partial charge in [-0.1, -0.05) is 6.92 Å². The minimum Gasteiger partial charge on any atom is -0.481 e. The molecule has 0 bridgehead atoms. The predicted octanol–water partition coefficient (Wildman–Crippen LogP) is 1.40. The molecule has 0 radical (unpaired) electrons. The Labute approximate surface area is 109 Å². The number of nitrogens with zero attached hydrogens (tertiary/aromatic N) is 2. The van der Waals surface area contributed by atoms with Crippen molar-refractivity contribution in [3.05, 3.63) is 10.6 Å². The van der Waals surface area contributed by atoms with Crippen molar-refractivity contribution in [2.45, 2.75) is 13.8 Å². The first kappa shape index (κ1) is 14.4. The predicted molar refractivity (Wildman–Crippen MR) is 68.3 cm³/mol. The van der Waals surface area contributed by atoms with Crippen molar-refractivity contribution in [3.8, 4) is 0 Å². The molecule has 6 nitrogen and oxygen atoms in total. The third-order valence-electron chi connectivity index (χ3n) is 2.46. The number of carbonyl (C=O) groups is 2. The molecular formula is C11H16N2O4S. The lowest BCUT2D eigenvalue weighted by molar-refractivity contribution is -0.140. The van der Waals surface area contributed by atoms with Crippen LogP contribution in [0, 0.1) is 12.8 Å². The maximum absolute atomic E-state index is 11.4. The maximum atomic E-state index is 11.4. The summed E-state index contributed by atoms with van der Waals surface area (Å²) in [6, 6.07) is 0.